The van der Waals surface area contributed by atoms with Crippen LogP contribution in [0, 0.1) is 12.7 Å². The SMILES string of the molecule is Cc1ccc(CN2CCN(C(=O)NCc3ccc(F)cc3)CC2)cc1. The monoisotopic (exact) mass is 341 g/mol. The van der Waals surface area contributed by atoms with Gasteiger partial charge >= 0.3 is 6.03 Å². The second-order valence-electron chi connectivity index (χ2n) is 6.53. The number of carbonyl (C=O) groups is 1. The van der Waals surface area contributed by atoms with Gasteiger partial charge in [0.2, 0.25) is 0 Å². The van der Waals surface area contributed by atoms with Gasteiger partial charge in [0.1, 0.15) is 5.82 Å². The molecule has 3 rings (SSSR count). The summed E-state index contributed by atoms with van der Waals surface area (Å²) in [5.41, 5.74) is 3.47. The summed E-state index contributed by atoms with van der Waals surface area (Å²) in [6.07, 6.45) is 0. The van der Waals surface area contributed by atoms with E-state index in [0.29, 0.717) is 6.54 Å². The van der Waals surface area contributed by atoms with Crippen LogP contribution in [0.4, 0.5) is 9.18 Å². The molecule has 0 unspecified atom stereocenters. The molecule has 0 aliphatic carbocycles. The van der Waals surface area contributed by atoms with Crippen molar-refractivity contribution in [2.24, 2.45) is 0 Å². The van der Waals surface area contributed by atoms with E-state index in [2.05, 4.69) is 41.4 Å². The molecule has 2 amide bonds. The molecule has 132 valence electrons. The van der Waals surface area contributed by atoms with Gasteiger partial charge in [0.05, 0.1) is 0 Å². The van der Waals surface area contributed by atoms with Crippen molar-refractivity contribution in [1.82, 2.24) is 15.1 Å². The van der Waals surface area contributed by atoms with Crippen molar-refractivity contribution in [3.63, 3.8) is 0 Å². The Morgan fingerprint density at radius 1 is 0.960 bits per heavy atom. The average molecular weight is 341 g/mol. The van der Waals surface area contributed by atoms with Crippen LogP contribution in [-0.2, 0) is 13.1 Å². The Labute approximate surface area is 148 Å². The van der Waals surface area contributed by atoms with Crippen molar-refractivity contribution in [2.75, 3.05) is 26.2 Å². The predicted octanol–water partition coefficient (Wildman–Crippen LogP) is 3.16. The van der Waals surface area contributed by atoms with E-state index in [0.717, 1.165) is 38.3 Å². The molecule has 0 atom stereocenters. The van der Waals surface area contributed by atoms with Crippen LogP contribution >= 0.6 is 0 Å². The van der Waals surface area contributed by atoms with Crippen LogP contribution in [-0.4, -0.2) is 42.0 Å². The number of amides is 2. The summed E-state index contributed by atoms with van der Waals surface area (Å²) in [6, 6.07) is 14.7. The van der Waals surface area contributed by atoms with E-state index in [1.807, 2.05) is 4.90 Å². The van der Waals surface area contributed by atoms with E-state index < -0.39 is 0 Å². The van der Waals surface area contributed by atoms with Gasteiger partial charge in [0.15, 0.2) is 0 Å². The summed E-state index contributed by atoms with van der Waals surface area (Å²) < 4.78 is 12.9. The first kappa shape index (κ1) is 17.4. The Balaban J connectivity index is 1.42. The van der Waals surface area contributed by atoms with Crippen LogP contribution in [0.15, 0.2) is 48.5 Å². The lowest BCUT2D eigenvalue weighted by Crippen LogP contribution is -2.51. The van der Waals surface area contributed by atoms with Gasteiger partial charge in [-0.15, -0.1) is 0 Å². The standard InChI is InChI=1S/C20H24FN3O/c1-16-2-4-18(5-3-16)15-23-10-12-24(13-11-23)20(25)22-14-17-6-8-19(21)9-7-17/h2-9H,10-15H2,1H3,(H,22,25). The highest BCUT2D eigenvalue weighted by atomic mass is 19.1. The van der Waals surface area contributed by atoms with Gasteiger partial charge in [-0.3, -0.25) is 4.90 Å². The zero-order valence-corrected chi connectivity index (χ0v) is 14.5. The van der Waals surface area contributed by atoms with E-state index in [-0.39, 0.29) is 11.8 Å². The number of urea groups is 1. The topological polar surface area (TPSA) is 35.6 Å². The first-order valence-electron chi connectivity index (χ1n) is 8.65. The van der Waals surface area contributed by atoms with Crippen molar-refractivity contribution in [2.45, 2.75) is 20.0 Å². The highest BCUT2D eigenvalue weighted by molar-refractivity contribution is 5.74. The smallest absolute Gasteiger partial charge is 0.317 e. The summed E-state index contributed by atoms with van der Waals surface area (Å²) in [7, 11) is 0. The first-order chi connectivity index (χ1) is 12.1. The fourth-order valence-corrected chi connectivity index (χ4v) is 2.95. The number of rotatable bonds is 4. The highest BCUT2D eigenvalue weighted by Crippen LogP contribution is 2.10. The van der Waals surface area contributed by atoms with Gasteiger partial charge < -0.3 is 10.2 Å². The van der Waals surface area contributed by atoms with E-state index >= 15 is 0 Å². The molecule has 0 aromatic heterocycles. The fraction of sp³-hybridized carbons (Fsp3) is 0.350. The number of halogens is 1. The van der Waals surface area contributed by atoms with Crippen molar-refractivity contribution in [3.8, 4) is 0 Å². The van der Waals surface area contributed by atoms with Gasteiger partial charge in [-0.25, -0.2) is 9.18 Å². The van der Waals surface area contributed by atoms with Crippen molar-refractivity contribution < 1.29 is 9.18 Å². The number of nitrogens with one attached hydrogen (secondary N) is 1. The molecule has 0 radical (unpaired) electrons. The van der Waals surface area contributed by atoms with E-state index in [9.17, 15) is 9.18 Å². The maximum atomic E-state index is 12.9. The van der Waals surface area contributed by atoms with Crippen molar-refractivity contribution in [3.05, 3.63) is 71.0 Å². The van der Waals surface area contributed by atoms with Crippen LogP contribution in [0.2, 0.25) is 0 Å². The quantitative estimate of drug-likeness (QED) is 0.927. The third-order valence-corrected chi connectivity index (χ3v) is 4.54. The number of benzene rings is 2. The number of hydrogen-bond donors (Lipinski definition) is 1. The maximum absolute atomic E-state index is 12.9. The lowest BCUT2D eigenvalue weighted by atomic mass is 10.1. The number of hydrogen-bond acceptors (Lipinski definition) is 2. The molecule has 4 nitrogen and oxygen atoms in total. The summed E-state index contributed by atoms with van der Waals surface area (Å²) in [5.74, 6) is -0.264. The molecule has 1 heterocycles. The molecule has 0 spiro atoms. The van der Waals surface area contributed by atoms with Crippen LogP contribution in [0.1, 0.15) is 16.7 Å². The molecular weight excluding hydrogens is 317 g/mol. The summed E-state index contributed by atoms with van der Waals surface area (Å²) >= 11 is 0. The predicted molar refractivity (Wildman–Crippen MR) is 96.7 cm³/mol. The van der Waals surface area contributed by atoms with Crippen molar-refractivity contribution >= 4 is 6.03 Å². The molecule has 1 saturated heterocycles. The number of piperazine rings is 1. The Morgan fingerprint density at radius 3 is 2.20 bits per heavy atom. The number of nitrogens with zero attached hydrogens (tertiary/aromatic N) is 2. The van der Waals surface area contributed by atoms with Gasteiger partial charge in [0, 0.05) is 39.3 Å². The molecular formula is C20H24FN3O. The summed E-state index contributed by atoms with van der Waals surface area (Å²) in [5, 5.41) is 2.90. The van der Waals surface area contributed by atoms with Gasteiger partial charge in [-0.05, 0) is 30.2 Å². The molecule has 2 aromatic rings. The molecule has 5 heteroatoms. The Morgan fingerprint density at radius 2 is 1.56 bits per heavy atom. The van der Waals surface area contributed by atoms with Crippen LogP contribution in [0.25, 0.3) is 0 Å². The second kappa shape index (κ2) is 8.12. The third-order valence-electron chi connectivity index (χ3n) is 4.54. The van der Waals surface area contributed by atoms with E-state index in [1.54, 1.807) is 12.1 Å². The molecule has 1 aliphatic heterocycles. The average Bonchev–Trinajstić information content (AvgIpc) is 2.63. The second-order valence-corrected chi connectivity index (χ2v) is 6.53. The summed E-state index contributed by atoms with van der Waals surface area (Å²) in [6.45, 7) is 6.62. The van der Waals surface area contributed by atoms with Crippen LogP contribution in [0.3, 0.4) is 0 Å². The minimum absolute atomic E-state index is 0.0562. The van der Waals surface area contributed by atoms with Crippen molar-refractivity contribution in [1.29, 1.82) is 0 Å². The van der Waals surface area contributed by atoms with Crippen LogP contribution < -0.4 is 5.32 Å². The number of carbonyl (C=O) groups excluding carboxylic acids is 1. The molecule has 0 saturated carbocycles. The lowest BCUT2D eigenvalue weighted by Gasteiger charge is -2.34. The number of aryl methyl sites for hydroxylation is 1. The Bertz CT molecular complexity index is 692. The van der Waals surface area contributed by atoms with Gasteiger partial charge in [0.25, 0.3) is 0 Å². The minimum Gasteiger partial charge on any atom is -0.334 e. The molecule has 1 N–H and O–H groups in total. The Kier molecular flexibility index (Phi) is 5.66. The normalized spacial score (nSPS) is 15.2. The molecule has 2 aromatic carbocycles. The largest absolute Gasteiger partial charge is 0.334 e. The maximum Gasteiger partial charge on any atom is 0.317 e. The zero-order valence-electron chi connectivity index (χ0n) is 14.5. The molecule has 1 fully saturated rings. The fourth-order valence-electron chi connectivity index (χ4n) is 2.95. The van der Waals surface area contributed by atoms with E-state index in [1.165, 1.54) is 23.3 Å². The lowest BCUT2D eigenvalue weighted by molar-refractivity contribution is 0.135. The van der Waals surface area contributed by atoms with Gasteiger partial charge in [-0.2, -0.15) is 0 Å². The highest BCUT2D eigenvalue weighted by Gasteiger charge is 2.20. The zero-order chi connectivity index (χ0) is 17.6. The van der Waals surface area contributed by atoms with E-state index in [4.69, 9.17) is 0 Å². The first-order valence-corrected chi connectivity index (χ1v) is 8.65. The third kappa shape index (κ3) is 5.03. The van der Waals surface area contributed by atoms with Crippen LogP contribution in [0.5, 0.6) is 0 Å². The molecule has 1 aliphatic rings. The molecule has 25 heavy (non-hydrogen) atoms. The van der Waals surface area contributed by atoms with Gasteiger partial charge in [-0.1, -0.05) is 42.0 Å². The Hall–Kier alpha value is -2.40. The summed E-state index contributed by atoms with van der Waals surface area (Å²) in [4.78, 5) is 16.5. The molecule has 0 bridgehead atoms. The minimum atomic E-state index is -0.264.